The predicted molar refractivity (Wildman–Crippen MR) is 50.4 cm³/mol. The largest absolute Gasteiger partial charge is 0.480 e. The molecular formula is C8H14N2O4. The van der Waals surface area contributed by atoms with Crippen LogP contribution in [-0.4, -0.2) is 34.2 Å². The lowest BCUT2D eigenvalue weighted by Gasteiger charge is -2.00. The molecule has 0 aromatic rings. The van der Waals surface area contributed by atoms with E-state index in [1.165, 1.54) is 13.8 Å². The molecule has 0 aromatic heterocycles. The minimum Gasteiger partial charge on any atom is -0.480 e. The quantitative estimate of drug-likeness (QED) is 0.347. The molecule has 0 spiro atoms. The van der Waals surface area contributed by atoms with Gasteiger partial charge in [-0.05, 0) is 13.8 Å². The molecule has 6 nitrogen and oxygen atoms in total. The number of rotatable bonds is 3. The van der Waals surface area contributed by atoms with Gasteiger partial charge in [-0.2, -0.15) is 0 Å². The normalized spacial score (nSPS) is 12.4. The third kappa shape index (κ3) is 10.3. The van der Waals surface area contributed by atoms with Crippen molar-refractivity contribution in [3.63, 3.8) is 0 Å². The highest BCUT2D eigenvalue weighted by atomic mass is 16.4. The lowest BCUT2D eigenvalue weighted by molar-refractivity contribution is -0.139. The second-order valence-corrected chi connectivity index (χ2v) is 2.48. The summed E-state index contributed by atoms with van der Waals surface area (Å²) in [5.41, 5.74) is 4.84. The number of hydrogen-bond donors (Lipinski definition) is 4. The van der Waals surface area contributed by atoms with E-state index in [4.69, 9.17) is 22.4 Å². The molecule has 0 fully saturated rings. The summed E-state index contributed by atoms with van der Waals surface area (Å²) in [5, 5.41) is 18.3. The first kappa shape index (κ1) is 14.8. The van der Waals surface area contributed by atoms with E-state index in [1.807, 2.05) is 6.04 Å². The van der Waals surface area contributed by atoms with Gasteiger partial charge in [-0.25, -0.2) is 4.79 Å². The Bertz CT molecular complexity index is 232. The van der Waals surface area contributed by atoms with Crippen molar-refractivity contribution in [1.82, 2.24) is 5.32 Å². The third-order valence-electron chi connectivity index (χ3n) is 1.06. The molecule has 5 N–H and O–H groups in total. The van der Waals surface area contributed by atoms with Crippen LogP contribution in [0.5, 0.6) is 0 Å². The molecule has 0 aromatic carbocycles. The molecule has 2 atom stereocenters. The van der Waals surface area contributed by atoms with Gasteiger partial charge in [0.25, 0.3) is 0 Å². The highest BCUT2D eigenvalue weighted by Gasteiger charge is 2.05. The summed E-state index contributed by atoms with van der Waals surface area (Å²) >= 11 is 0. The van der Waals surface area contributed by atoms with Gasteiger partial charge >= 0.3 is 11.9 Å². The Balaban J connectivity index is 0. The van der Waals surface area contributed by atoms with Crippen molar-refractivity contribution in [2.45, 2.75) is 25.9 Å². The third-order valence-corrected chi connectivity index (χ3v) is 1.06. The Kier molecular flexibility index (Phi) is 8.32. The van der Waals surface area contributed by atoms with Crippen LogP contribution in [0.2, 0.25) is 0 Å². The Morgan fingerprint density at radius 2 is 1.71 bits per heavy atom. The summed E-state index contributed by atoms with van der Waals surface area (Å²) in [5.74, 6) is -1.90. The number of carbonyl (C=O) groups is 2. The maximum atomic E-state index is 9.93. The van der Waals surface area contributed by atoms with Gasteiger partial charge in [0.05, 0.1) is 0 Å². The summed E-state index contributed by atoms with van der Waals surface area (Å²) in [4.78, 5) is 19.5. The van der Waals surface area contributed by atoms with Gasteiger partial charge in [-0.15, -0.1) is 0 Å². The van der Waals surface area contributed by atoms with Crippen molar-refractivity contribution in [2.75, 3.05) is 0 Å². The molecule has 0 aliphatic carbocycles. The standard InChI is InChI=1S/C5H7NO2.C3H7NO2/c1-3-6-4(2)5(7)8;1-2(4)3(5)6/h1,4,6H,2H3,(H,7,8);2H,4H2,1H3,(H,5,6). The number of nitrogens with two attached hydrogens (primary N) is 1. The lowest BCUT2D eigenvalue weighted by atomic mass is 10.4. The van der Waals surface area contributed by atoms with Gasteiger partial charge in [0.1, 0.15) is 12.1 Å². The zero-order chi connectivity index (χ0) is 11.7. The number of aliphatic carboxylic acids is 2. The van der Waals surface area contributed by atoms with E-state index >= 15 is 0 Å². The maximum absolute atomic E-state index is 9.93. The van der Waals surface area contributed by atoms with Crippen LogP contribution in [0.15, 0.2) is 0 Å². The van der Waals surface area contributed by atoms with E-state index in [0.29, 0.717) is 0 Å². The Morgan fingerprint density at radius 3 is 1.79 bits per heavy atom. The van der Waals surface area contributed by atoms with Crippen LogP contribution in [0.25, 0.3) is 0 Å². The smallest absolute Gasteiger partial charge is 0.326 e. The van der Waals surface area contributed by atoms with Crippen LogP contribution >= 0.6 is 0 Å². The molecule has 2 unspecified atom stereocenters. The first-order valence-electron chi connectivity index (χ1n) is 3.75. The predicted octanol–water partition coefficient (Wildman–Crippen LogP) is -0.942. The minimum atomic E-state index is -0.963. The van der Waals surface area contributed by atoms with E-state index in [1.54, 1.807) is 0 Å². The number of carboxylic acid groups (broad SMARTS) is 2. The fourth-order valence-electron chi connectivity index (χ4n) is 0.187. The molecule has 80 valence electrons. The molecule has 0 aliphatic heterocycles. The molecule has 0 radical (unpaired) electrons. The van der Waals surface area contributed by atoms with Crippen LogP contribution in [-0.2, 0) is 9.59 Å². The summed E-state index contributed by atoms with van der Waals surface area (Å²) in [6.45, 7) is 2.89. The van der Waals surface area contributed by atoms with Gasteiger partial charge in [0.15, 0.2) is 0 Å². The molecule has 14 heavy (non-hydrogen) atoms. The summed E-state index contributed by atoms with van der Waals surface area (Å²) in [6.07, 6.45) is 4.74. The van der Waals surface area contributed by atoms with E-state index in [0.717, 1.165) is 0 Å². The van der Waals surface area contributed by atoms with Crippen molar-refractivity contribution in [2.24, 2.45) is 5.73 Å². The Labute approximate surface area is 82.1 Å². The summed E-state index contributed by atoms with van der Waals surface area (Å²) in [7, 11) is 0. The number of nitrogens with one attached hydrogen (secondary N) is 1. The molecular weight excluding hydrogens is 188 g/mol. The summed E-state index contributed by atoms with van der Waals surface area (Å²) in [6, 6.07) is 0.634. The van der Waals surface area contributed by atoms with E-state index in [9.17, 15) is 9.59 Å². The Hall–Kier alpha value is -1.74. The van der Waals surface area contributed by atoms with Crippen LogP contribution in [0.4, 0.5) is 0 Å². The summed E-state index contributed by atoms with van der Waals surface area (Å²) < 4.78 is 0. The minimum absolute atomic E-state index is 0.653. The van der Waals surface area contributed by atoms with Gasteiger partial charge in [-0.1, -0.05) is 6.42 Å². The number of hydrogen-bond acceptors (Lipinski definition) is 4. The Morgan fingerprint density at radius 1 is 1.36 bits per heavy atom. The van der Waals surface area contributed by atoms with Crippen molar-refractivity contribution >= 4 is 11.9 Å². The second-order valence-electron chi connectivity index (χ2n) is 2.48. The van der Waals surface area contributed by atoms with E-state index < -0.39 is 24.0 Å². The lowest BCUT2D eigenvalue weighted by Crippen LogP contribution is -2.29. The number of carboxylic acids is 2. The monoisotopic (exact) mass is 202 g/mol. The van der Waals surface area contributed by atoms with Gasteiger partial charge < -0.3 is 21.3 Å². The second kappa shape index (κ2) is 7.89. The molecule has 0 saturated heterocycles. The highest BCUT2D eigenvalue weighted by molar-refractivity contribution is 5.73. The van der Waals surface area contributed by atoms with Gasteiger partial charge in [0.2, 0.25) is 0 Å². The SMILES string of the molecule is C#CNC(C)C(=O)O.CC(N)C(=O)O. The maximum Gasteiger partial charge on any atom is 0.326 e. The zero-order valence-electron chi connectivity index (χ0n) is 8.02. The molecule has 0 amide bonds. The number of terminal acetylenes is 1. The molecule has 6 heteroatoms. The van der Waals surface area contributed by atoms with Crippen molar-refractivity contribution < 1.29 is 19.8 Å². The van der Waals surface area contributed by atoms with E-state index in [2.05, 4.69) is 5.32 Å². The average molecular weight is 202 g/mol. The van der Waals surface area contributed by atoms with E-state index in [-0.39, 0.29) is 0 Å². The van der Waals surface area contributed by atoms with Gasteiger partial charge in [0, 0.05) is 6.04 Å². The molecule has 0 heterocycles. The van der Waals surface area contributed by atoms with Crippen LogP contribution in [0, 0.1) is 12.5 Å². The average Bonchev–Trinajstić information content (AvgIpc) is 2.05. The van der Waals surface area contributed by atoms with Crippen LogP contribution in [0.3, 0.4) is 0 Å². The van der Waals surface area contributed by atoms with Crippen molar-refractivity contribution in [3.05, 3.63) is 0 Å². The topological polar surface area (TPSA) is 113 Å². The molecule has 0 saturated carbocycles. The zero-order valence-corrected chi connectivity index (χ0v) is 8.02. The van der Waals surface area contributed by atoms with Crippen molar-refractivity contribution in [1.29, 1.82) is 0 Å². The van der Waals surface area contributed by atoms with Crippen LogP contribution < -0.4 is 11.1 Å². The fourth-order valence-corrected chi connectivity index (χ4v) is 0.187. The highest BCUT2D eigenvalue weighted by Crippen LogP contribution is 1.75. The fraction of sp³-hybridized carbons (Fsp3) is 0.500. The molecule has 0 aliphatic rings. The van der Waals surface area contributed by atoms with Gasteiger partial charge in [-0.3, -0.25) is 4.79 Å². The first-order chi connectivity index (χ1) is 6.32. The first-order valence-corrected chi connectivity index (χ1v) is 3.75. The molecule has 0 rings (SSSR count). The van der Waals surface area contributed by atoms with Crippen LogP contribution in [0.1, 0.15) is 13.8 Å². The molecule has 0 bridgehead atoms. The van der Waals surface area contributed by atoms with Crippen molar-refractivity contribution in [3.8, 4) is 12.5 Å².